The molecule has 0 amide bonds. The summed E-state index contributed by atoms with van der Waals surface area (Å²) in [7, 11) is 0. The molecule has 5 heteroatoms. The van der Waals surface area contributed by atoms with Crippen LogP contribution in [-0.2, 0) is 0 Å². The number of nitrogens with zero attached hydrogens (tertiary/aromatic N) is 1. The number of H-pyrrole nitrogens is 1. The predicted octanol–water partition coefficient (Wildman–Crippen LogP) is 6.31. The standard InChI is InChI=1S/C22H12BrClN2O/c23-13-7-10-16-18(11-13)26-20-15-3-1-2-4-17(15)25-21(20)19(22(16)27)12-5-8-14(24)9-6-12/h1-11,25H. The van der Waals surface area contributed by atoms with Crippen LogP contribution < -0.4 is 5.43 Å². The summed E-state index contributed by atoms with van der Waals surface area (Å²) in [5.74, 6) is 0. The van der Waals surface area contributed by atoms with Crippen molar-refractivity contribution in [2.75, 3.05) is 0 Å². The zero-order valence-electron chi connectivity index (χ0n) is 14.0. The number of fused-ring (bicyclic) bond motifs is 4. The van der Waals surface area contributed by atoms with Crippen LogP contribution >= 0.6 is 27.5 Å². The van der Waals surface area contributed by atoms with E-state index in [0.29, 0.717) is 21.5 Å². The Kier molecular flexibility index (Phi) is 3.78. The molecule has 0 spiro atoms. The Hall–Kier alpha value is -2.69. The molecule has 0 bridgehead atoms. The van der Waals surface area contributed by atoms with Crippen molar-refractivity contribution in [1.82, 2.24) is 9.97 Å². The van der Waals surface area contributed by atoms with Gasteiger partial charge in [0.1, 0.15) is 0 Å². The fourth-order valence-corrected chi connectivity index (χ4v) is 3.95. The van der Waals surface area contributed by atoms with Crippen molar-refractivity contribution >= 4 is 60.4 Å². The molecule has 2 heterocycles. The van der Waals surface area contributed by atoms with Gasteiger partial charge in [-0.2, -0.15) is 0 Å². The van der Waals surface area contributed by atoms with Crippen LogP contribution in [0.4, 0.5) is 0 Å². The maximum absolute atomic E-state index is 13.5. The third kappa shape index (κ3) is 2.64. The second-order valence-corrected chi connectivity index (χ2v) is 7.73. The van der Waals surface area contributed by atoms with Crippen LogP contribution in [0.1, 0.15) is 0 Å². The molecule has 0 atom stereocenters. The number of aromatic amines is 1. The van der Waals surface area contributed by atoms with Gasteiger partial charge in [0.15, 0.2) is 5.43 Å². The van der Waals surface area contributed by atoms with E-state index in [1.807, 2.05) is 54.6 Å². The van der Waals surface area contributed by atoms with E-state index in [4.69, 9.17) is 16.6 Å². The Labute approximate surface area is 167 Å². The lowest BCUT2D eigenvalue weighted by molar-refractivity contribution is 1.51. The van der Waals surface area contributed by atoms with Gasteiger partial charge in [-0.1, -0.05) is 57.9 Å². The highest BCUT2D eigenvalue weighted by molar-refractivity contribution is 9.10. The second-order valence-electron chi connectivity index (χ2n) is 6.38. The van der Waals surface area contributed by atoms with E-state index in [-0.39, 0.29) is 5.43 Å². The Morgan fingerprint density at radius 2 is 1.70 bits per heavy atom. The smallest absolute Gasteiger partial charge is 0.197 e. The first-order valence-corrected chi connectivity index (χ1v) is 9.59. The molecule has 1 N–H and O–H groups in total. The van der Waals surface area contributed by atoms with Gasteiger partial charge in [-0.25, -0.2) is 4.98 Å². The minimum atomic E-state index is -0.0612. The number of nitrogens with one attached hydrogen (secondary N) is 1. The highest BCUT2D eigenvalue weighted by Gasteiger charge is 2.16. The van der Waals surface area contributed by atoms with Gasteiger partial charge in [0.25, 0.3) is 0 Å². The number of hydrogen-bond donors (Lipinski definition) is 1. The molecule has 0 saturated carbocycles. The number of para-hydroxylation sites is 1. The number of hydrogen-bond acceptors (Lipinski definition) is 2. The second kappa shape index (κ2) is 6.19. The van der Waals surface area contributed by atoms with Crippen LogP contribution in [-0.4, -0.2) is 9.97 Å². The average molecular weight is 436 g/mol. The summed E-state index contributed by atoms with van der Waals surface area (Å²) >= 11 is 9.54. The zero-order chi connectivity index (χ0) is 18.5. The van der Waals surface area contributed by atoms with E-state index in [2.05, 4.69) is 20.9 Å². The maximum Gasteiger partial charge on any atom is 0.197 e. The Morgan fingerprint density at radius 1 is 0.926 bits per heavy atom. The van der Waals surface area contributed by atoms with E-state index in [0.717, 1.165) is 32.0 Å². The van der Waals surface area contributed by atoms with E-state index in [1.165, 1.54) is 0 Å². The first-order chi connectivity index (χ1) is 13.1. The molecule has 3 aromatic carbocycles. The zero-order valence-corrected chi connectivity index (χ0v) is 16.3. The summed E-state index contributed by atoms with van der Waals surface area (Å²) in [5, 5.41) is 2.20. The summed E-state index contributed by atoms with van der Waals surface area (Å²) < 4.78 is 0.883. The maximum atomic E-state index is 13.5. The normalized spacial score (nSPS) is 11.5. The van der Waals surface area contributed by atoms with Crippen LogP contribution in [0.2, 0.25) is 5.02 Å². The van der Waals surface area contributed by atoms with Gasteiger partial charge < -0.3 is 4.98 Å². The van der Waals surface area contributed by atoms with E-state index in [9.17, 15) is 4.79 Å². The molecule has 0 aliphatic carbocycles. The molecular formula is C22H12BrClN2O. The van der Waals surface area contributed by atoms with Gasteiger partial charge in [0, 0.05) is 25.8 Å². The quantitative estimate of drug-likeness (QED) is 0.335. The van der Waals surface area contributed by atoms with Gasteiger partial charge in [0.2, 0.25) is 0 Å². The molecule has 0 unspecified atom stereocenters. The SMILES string of the molecule is O=c1c(-c2ccc(Cl)cc2)c2[nH]c3ccccc3c2nc2cc(Br)ccc12. The first kappa shape index (κ1) is 16.5. The lowest BCUT2D eigenvalue weighted by Gasteiger charge is -2.00. The Bertz CT molecular complexity index is 1410. The molecular weight excluding hydrogens is 424 g/mol. The van der Waals surface area contributed by atoms with Gasteiger partial charge in [-0.15, -0.1) is 0 Å². The molecule has 0 radical (unpaired) electrons. The van der Waals surface area contributed by atoms with Crippen molar-refractivity contribution in [2.24, 2.45) is 0 Å². The van der Waals surface area contributed by atoms with Crippen LogP contribution in [0.3, 0.4) is 0 Å². The van der Waals surface area contributed by atoms with Crippen molar-refractivity contribution in [3.63, 3.8) is 0 Å². The lowest BCUT2D eigenvalue weighted by atomic mass is 10.0. The number of aromatic nitrogens is 2. The fraction of sp³-hybridized carbons (Fsp3) is 0. The van der Waals surface area contributed by atoms with Crippen LogP contribution in [0.15, 0.2) is 76.0 Å². The van der Waals surface area contributed by atoms with Crippen LogP contribution in [0.25, 0.3) is 44.0 Å². The highest BCUT2D eigenvalue weighted by Crippen LogP contribution is 2.31. The molecule has 5 rings (SSSR count). The van der Waals surface area contributed by atoms with Crippen LogP contribution in [0.5, 0.6) is 0 Å². The van der Waals surface area contributed by atoms with E-state index in [1.54, 1.807) is 12.1 Å². The Balaban J connectivity index is 2.08. The molecule has 0 aliphatic rings. The van der Waals surface area contributed by atoms with E-state index >= 15 is 0 Å². The predicted molar refractivity (Wildman–Crippen MR) is 116 cm³/mol. The third-order valence-corrected chi connectivity index (χ3v) is 5.47. The highest BCUT2D eigenvalue weighted by atomic mass is 79.9. The van der Waals surface area contributed by atoms with Crippen molar-refractivity contribution in [3.8, 4) is 11.1 Å². The molecule has 5 aromatic rings. The van der Waals surface area contributed by atoms with Crippen molar-refractivity contribution in [2.45, 2.75) is 0 Å². The summed E-state index contributed by atoms with van der Waals surface area (Å²) in [6, 6.07) is 20.8. The molecule has 27 heavy (non-hydrogen) atoms. The van der Waals surface area contributed by atoms with Gasteiger partial charge in [-0.3, -0.25) is 4.79 Å². The average Bonchev–Trinajstić information content (AvgIpc) is 2.96. The van der Waals surface area contributed by atoms with Crippen molar-refractivity contribution < 1.29 is 0 Å². The fourth-order valence-electron chi connectivity index (χ4n) is 3.47. The minimum absolute atomic E-state index is 0.0612. The summed E-state index contributed by atoms with van der Waals surface area (Å²) in [5.41, 5.74) is 4.46. The molecule has 0 aliphatic heterocycles. The summed E-state index contributed by atoms with van der Waals surface area (Å²) in [4.78, 5) is 21.8. The first-order valence-electron chi connectivity index (χ1n) is 8.42. The largest absolute Gasteiger partial charge is 0.353 e. The molecule has 0 fully saturated rings. The van der Waals surface area contributed by atoms with Gasteiger partial charge in [0.05, 0.1) is 22.1 Å². The van der Waals surface area contributed by atoms with Crippen molar-refractivity contribution in [3.05, 3.63) is 86.4 Å². The molecule has 0 saturated heterocycles. The Morgan fingerprint density at radius 3 is 2.52 bits per heavy atom. The summed E-state index contributed by atoms with van der Waals surface area (Å²) in [6.45, 7) is 0. The molecule has 3 nitrogen and oxygen atoms in total. The van der Waals surface area contributed by atoms with Crippen molar-refractivity contribution in [1.29, 1.82) is 0 Å². The van der Waals surface area contributed by atoms with Crippen LogP contribution in [0, 0.1) is 0 Å². The number of rotatable bonds is 1. The van der Waals surface area contributed by atoms with E-state index < -0.39 is 0 Å². The molecule has 130 valence electrons. The summed E-state index contributed by atoms with van der Waals surface area (Å²) in [6.07, 6.45) is 0. The topological polar surface area (TPSA) is 45.8 Å². The lowest BCUT2D eigenvalue weighted by Crippen LogP contribution is -2.02. The number of halogens is 2. The minimum Gasteiger partial charge on any atom is -0.353 e. The monoisotopic (exact) mass is 434 g/mol. The van der Waals surface area contributed by atoms with Gasteiger partial charge in [-0.05, 0) is 42.0 Å². The van der Waals surface area contributed by atoms with Gasteiger partial charge >= 0.3 is 0 Å². The molecule has 2 aromatic heterocycles. The third-order valence-electron chi connectivity index (χ3n) is 4.73. The number of benzene rings is 3.